The van der Waals surface area contributed by atoms with E-state index in [2.05, 4.69) is 24.5 Å². The molecule has 0 heterocycles. The summed E-state index contributed by atoms with van der Waals surface area (Å²) in [7, 11) is 0. The van der Waals surface area contributed by atoms with Crippen LogP contribution < -0.4 is 10.6 Å². The van der Waals surface area contributed by atoms with Crippen molar-refractivity contribution < 1.29 is 14.7 Å². The molecule has 3 N–H and O–H groups in total. The molecule has 0 aliphatic heterocycles. The van der Waals surface area contributed by atoms with Crippen LogP contribution >= 0.6 is 0 Å². The number of carbonyl (C=O) groups is 2. The quantitative estimate of drug-likeness (QED) is 0.693. The summed E-state index contributed by atoms with van der Waals surface area (Å²) in [5.74, 6) is -0.338. The molecule has 0 radical (unpaired) electrons. The van der Waals surface area contributed by atoms with E-state index in [0.717, 1.165) is 25.7 Å². The van der Waals surface area contributed by atoms with Crippen molar-refractivity contribution in [2.45, 2.75) is 58.9 Å². The lowest BCUT2D eigenvalue weighted by Crippen LogP contribution is -2.50. The molecule has 2 unspecified atom stereocenters. The van der Waals surface area contributed by atoms with E-state index >= 15 is 0 Å². The second-order valence-electron chi connectivity index (χ2n) is 5.70. The number of nitrogens with one attached hydrogen (secondary N) is 2. The molecule has 1 rings (SSSR count). The summed E-state index contributed by atoms with van der Waals surface area (Å²) in [6.45, 7) is 6.57. The maximum Gasteiger partial charge on any atom is 0.315 e. The minimum atomic E-state index is -0.827. The topological polar surface area (TPSA) is 78.4 Å². The Balaban J connectivity index is 2.46. The van der Waals surface area contributed by atoms with Crippen LogP contribution in [0.1, 0.15) is 52.9 Å². The molecule has 0 aromatic carbocycles. The van der Waals surface area contributed by atoms with E-state index in [9.17, 15) is 14.7 Å². The molecule has 1 aliphatic carbocycles. The van der Waals surface area contributed by atoms with Gasteiger partial charge in [-0.1, -0.05) is 33.1 Å². The smallest absolute Gasteiger partial charge is 0.315 e. The molecule has 0 aromatic heterocycles. The lowest BCUT2D eigenvalue weighted by Gasteiger charge is -2.28. The van der Waals surface area contributed by atoms with Crippen LogP contribution in [0.2, 0.25) is 0 Å². The number of amides is 2. The van der Waals surface area contributed by atoms with E-state index in [-0.39, 0.29) is 12.1 Å². The zero-order chi connectivity index (χ0) is 14.5. The fraction of sp³-hybridized carbons (Fsp3) is 0.857. The molecule has 0 saturated heterocycles. The monoisotopic (exact) mass is 270 g/mol. The van der Waals surface area contributed by atoms with Gasteiger partial charge in [0, 0.05) is 12.6 Å². The van der Waals surface area contributed by atoms with Crippen molar-refractivity contribution in [3.8, 4) is 0 Å². The van der Waals surface area contributed by atoms with Crippen LogP contribution in [0.15, 0.2) is 0 Å². The fourth-order valence-corrected chi connectivity index (χ4v) is 2.68. The van der Waals surface area contributed by atoms with Crippen LogP contribution in [0, 0.1) is 11.3 Å². The fourth-order valence-electron chi connectivity index (χ4n) is 2.68. The number of urea groups is 1. The largest absolute Gasteiger partial charge is 0.481 e. The second-order valence-corrected chi connectivity index (χ2v) is 5.70. The number of carboxylic acids is 1. The third kappa shape index (κ3) is 3.85. The number of carbonyl (C=O) groups excluding carboxylic acids is 1. The van der Waals surface area contributed by atoms with Crippen LogP contribution in [0.3, 0.4) is 0 Å². The molecule has 0 spiro atoms. The summed E-state index contributed by atoms with van der Waals surface area (Å²) in [4.78, 5) is 23.1. The van der Waals surface area contributed by atoms with E-state index in [0.29, 0.717) is 18.9 Å². The lowest BCUT2D eigenvalue weighted by molar-refractivity contribution is -0.148. The average Bonchev–Trinajstić information content (AvgIpc) is 2.73. The first-order chi connectivity index (χ1) is 8.93. The van der Waals surface area contributed by atoms with Gasteiger partial charge in [0.25, 0.3) is 0 Å². The number of rotatable bonds is 6. The molecular weight excluding hydrogens is 244 g/mol. The van der Waals surface area contributed by atoms with Crippen LogP contribution in [0.25, 0.3) is 0 Å². The summed E-state index contributed by atoms with van der Waals surface area (Å²) >= 11 is 0. The van der Waals surface area contributed by atoms with Gasteiger partial charge < -0.3 is 15.7 Å². The van der Waals surface area contributed by atoms with Crippen molar-refractivity contribution in [1.29, 1.82) is 0 Å². The zero-order valence-electron chi connectivity index (χ0n) is 12.2. The minimum Gasteiger partial charge on any atom is -0.481 e. The predicted octanol–water partition coefficient (Wildman–Crippen LogP) is 2.37. The van der Waals surface area contributed by atoms with E-state index in [1.54, 1.807) is 6.92 Å². The van der Waals surface area contributed by atoms with E-state index in [4.69, 9.17) is 0 Å². The van der Waals surface area contributed by atoms with E-state index in [1.165, 1.54) is 0 Å². The number of hydrogen-bond acceptors (Lipinski definition) is 2. The highest BCUT2D eigenvalue weighted by Crippen LogP contribution is 2.38. The van der Waals surface area contributed by atoms with Crippen LogP contribution in [-0.2, 0) is 4.79 Å². The summed E-state index contributed by atoms with van der Waals surface area (Å²) in [6.07, 6.45) is 4.28. The maximum atomic E-state index is 11.8. The molecule has 5 nitrogen and oxygen atoms in total. The molecule has 0 aromatic rings. The van der Waals surface area contributed by atoms with Gasteiger partial charge in [-0.2, -0.15) is 0 Å². The number of carboxylic acid groups (broad SMARTS) is 1. The van der Waals surface area contributed by atoms with E-state index in [1.807, 2.05) is 0 Å². The Kier molecular flexibility index (Phi) is 5.63. The normalized spacial score (nSPS) is 26.4. The zero-order valence-corrected chi connectivity index (χ0v) is 12.2. The van der Waals surface area contributed by atoms with Crippen molar-refractivity contribution >= 4 is 12.0 Å². The predicted molar refractivity (Wildman–Crippen MR) is 74.0 cm³/mol. The molecule has 2 amide bonds. The second kappa shape index (κ2) is 6.78. The molecular formula is C14H26N2O3. The van der Waals surface area contributed by atoms with Gasteiger partial charge in [-0.15, -0.1) is 0 Å². The van der Waals surface area contributed by atoms with Crippen LogP contribution in [-0.4, -0.2) is 29.7 Å². The highest BCUT2D eigenvalue weighted by atomic mass is 16.4. The first-order valence-corrected chi connectivity index (χ1v) is 7.21. The van der Waals surface area contributed by atoms with Gasteiger partial charge in [0.15, 0.2) is 0 Å². The molecule has 5 heteroatoms. The van der Waals surface area contributed by atoms with Crippen molar-refractivity contribution in [2.24, 2.45) is 11.3 Å². The molecule has 1 saturated carbocycles. The molecule has 19 heavy (non-hydrogen) atoms. The average molecular weight is 270 g/mol. The third-order valence-corrected chi connectivity index (χ3v) is 4.46. The van der Waals surface area contributed by atoms with Gasteiger partial charge in [0.05, 0.1) is 5.41 Å². The Morgan fingerprint density at radius 2 is 2.00 bits per heavy atom. The third-order valence-electron chi connectivity index (χ3n) is 4.46. The highest BCUT2D eigenvalue weighted by Gasteiger charge is 2.45. The number of aliphatic carboxylic acids is 1. The van der Waals surface area contributed by atoms with Gasteiger partial charge in [-0.25, -0.2) is 4.79 Å². The van der Waals surface area contributed by atoms with Crippen molar-refractivity contribution in [2.75, 3.05) is 6.54 Å². The summed E-state index contributed by atoms with van der Waals surface area (Å²) in [5.41, 5.74) is -0.827. The van der Waals surface area contributed by atoms with Gasteiger partial charge in [-0.3, -0.25) is 4.79 Å². The van der Waals surface area contributed by atoms with Crippen LogP contribution in [0.4, 0.5) is 4.79 Å². The van der Waals surface area contributed by atoms with Gasteiger partial charge in [0.1, 0.15) is 0 Å². The Hall–Kier alpha value is -1.26. The molecule has 110 valence electrons. The Morgan fingerprint density at radius 1 is 1.37 bits per heavy atom. The van der Waals surface area contributed by atoms with Crippen molar-refractivity contribution in [3.05, 3.63) is 0 Å². The Morgan fingerprint density at radius 3 is 2.53 bits per heavy atom. The van der Waals surface area contributed by atoms with E-state index < -0.39 is 11.4 Å². The van der Waals surface area contributed by atoms with Gasteiger partial charge >= 0.3 is 12.0 Å². The first-order valence-electron chi connectivity index (χ1n) is 7.21. The van der Waals surface area contributed by atoms with Crippen molar-refractivity contribution in [3.63, 3.8) is 0 Å². The highest BCUT2D eigenvalue weighted by molar-refractivity contribution is 5.79. The molecule has 1 aliphatic rings. The molecule has 2 atom stereocenters. The summed E-state index contributed by atoms with van der Waals surface area (Å²) < 4.78 is 0. The summed E-state index contributed by atoms with van der Waals surface area (Å²) in [5, 5.41) is 14.9. The standard InChI is InChI=1S/C14H26N2O3/c1-4-10(5-2)9-15-13(19)16-11-7-6-8-14(11,3)12(17)18/h10-11H,4-9H2,1-3H3,(H,17,18)(H2,15,16,19). The number of hydrogen-bond donors (Lipinski definition) is 3. The maximum absolute atomic E-state index is 11.8. The lowest BCUT2D eigenvalue weighted by atomic mass is 9.85. The molecule has 0 bridgehead atoms. The SMILES string of the molecule is CCC(CC)CNC(=O)NC1CCCC1(C)C(=O)O. The Labute approximate surface area is 115 Å². The van der Waals surface area contributed by atoms with Gasteiger partial charge in [0.2, 0.25) is 0 Å². The van der Waals surface area contributed by atoms with Gasteiger partial charge in [-0.05, 0) is 25.7 Å². The minimum absolute atomic E-state index is 0.244. The summed E-state index contributed by atoms with van der Waals surface area (Å²) in [6, 6.07) is -0.516. The Bertz CT molecular complexity index is 329. The first kappa shape index (κ1) is 15.8. The molecule has 1 fully saturated rings. The van der Waals surface area contributed by atoms with Crippen molar-refractivity contribution in [1.82, 2.24) is 10.6 Å². The van der Waals surface area contributed by atoms with Crippen LogP contribution in [0.5, 0.6) is 0 Å².